The third-order valence-corrected chi connectivity index (χ3v) is 15.2. The van der Waals surface area contributed by atoms with Crippen LogP contribution in [0, 0.1) is 7.43 Å². The van der Waals surface area contributed by atoms with Crippen LogP contribution >= 0.6 is 34.0 Å². The minimum absolute atomic E-state index is 0. The number of nitrogens with one attached hydrogen (secondary N) is 2. The molecule has 376 valence electrons. The van der Waals surface area contributed by atoms with Gasteiger partial charge < -0.3 is 38.6 Å². The average molecular weight is 1110 g/mol. The second-order valence-corrected chi connectivity index (χ2v) is 29.4. The van der Waals surface area contributed by atoms with Gasteiger partial charge in [0.25, 0.3) is 0 Å². The molecule has 66 heavy (non-hydrogen) atoms. The Morgan fingerprint density at radius 1 is 0.545 bits per heavy atom. The summed E-state index contributed by atoms with van der Waals surface area (Å²) in [6.45, 7) is 37.5. The maximum Gasteiger partial charge on any atom is 2.00 e. The van der Waals surface area contributed by atoms with E-state index >= 15 is 0 Å². The molecule has 3 aromatic rings. The molecular formula is C46H78BrMgN3O9S6. The van der Waals surface area contributed by atoms with Gasteiger partial charge >= 0.3 is 41.0 Å². The molecular weight excluding hydrogens is 1040 g/mol. The van der Waals surface area contributed by atoms with E-state index in [4.69, 9.17) is 14.2 Å². The molecule has 0 aliphatic rings. The number of halogens is 1. The number of rotatable bonds is 11. The van der Waals surface area contributed by atoms with Crippen molar-refractivity contribution >= 4 is 114 Å². The van der Waals surface area contributed by atoms with Crippen LogP contribution in [0.3, 0.4) is 0 Å². The molecule has 0 fully saturated rings. The van der Waals surface area contributed by atoms with Crippen LogP contribution < -0.4 is 26.4 Å². The summed E-state index contributed by atoms with van der Waals surface area (Å²) in [4.78, 5) is 40.2. The Labute approximate surface area is 444 Å². The number of esters is 3. The van der Waals surface area contributed by atoms with Gasteiger partial charge in [-0.15, -0.1) is 34.0 Å². The summed E-state index contributed by atoms with van der Waals surface area (Å²) >= 11 is 4.02. The SMILES string of the molecule is C.CC(C)(C)OC(=O)c1ccc(C=N[S@@](=O)C(C)(C)C)s1.C[C@@H](N[S@@](=O)C(C)(C)C)c1ccc(C(=O)OC(C)(C)C)s1.C[C@H](N[S@@](=O)C(C)(C)C)c1ccc(C(=O)OC(C)(C)C)s1.[Br-].[CH3-].[Mg+2]. The molecule has 0 aliphatic carbocycles. The van der Waals surface area contributed by atoms with Gasteiger partial charge in [0.05, 0.1) is 54.5 Å². The molecule has 0 radical (unpaired) electrons. The molecule has 0 saturated heterocycles. The fraction of sp³-hybridized carbons (Fsp3) is 0.630. The van der Waals surface area contributed by atoms with E-state index in [1.54, 1.807) is 30.5 Å². The first-order chi connectivity index (χ1) is 27.8. The second-order valence-electron chi connectivity index (χ2n) is 20.1. The number of hydrogen-bond donors (Lipinski definition) is 2. The molecule has 0 aromatic carbocycles. The van der Waals surface area contributed by atoms with Gasteiger partial charge in [-0.3, -0.25) is 0 Å². The van der Waals surface area contributed by atoms with Crippen LogP contribution in [0.4, 0.5) is 0 Å². The standard InChI is InChI=1S/2C15H25NO3S2.C14H21NO3S2.CH4.CH3.BrH.Mg/c2*1-10(16-21(18)15(5,6)7)11-8-9-12(20-11)13(17)19-14(2,3)4;1-13(2,3)18-12(16)11-8-7-10(19-11)9-15-20(17)14(4,5)6;;;;/h2*8-10,16H,1-7H3;7-9H,1-6H3;1H4;1H3;1H;/q;;;;-1;;+2/p-1/t10-,21+;10-,21-;20-;;;;/m100..../s1. The van der Waals surface area contributed by atoms with Crippen LogP contribution in [-0.4, -0.2) is 90.8 Å². The number of ether oxygens (including phenoxy) is 3. The van der Waals surface area contributed by atoms with Crippen molar-refractivity contribution in [3.8, 4) is 0 Å². The van der Waals surface area contributed by atoms with E-state index in [-0.39, 0.29) is 99.1 Å². The van der Waals surface area contributed by atoms with Crippen LogP contribution in [0.5, 0.6) is 0 Å². The van der Waals surface area contributed by atoms with Gasteiger partial charge in [-0.2, -0.15) is 4.40 Å². The first kappa shape index (κ1) is 71.3. The Bertz CT molecular complexity index is 1960. The summed E-state index contributed by atoms with van der Waals surface area (Å²) in [6, 6.07) is 10.6. The van der Waals surface area contributed by atoms with E-state index in [9.17, 15) is 27.0 Å². The third-order valence-electron chi connectivity index (χ3n) is 7.01. The van der Waals surface area contributed by atoms with Gasteiger partial charge in [0.2, 0.25) is 0 Å². The third kappa shape index (κ3) is 28.5. The molecule has 5 atom stereocenters. The van der Waals surface area contributed by atoms with Crippen LogP contribution in [0.1, 0.15) is 202 Å². The minimum atomic E-state index is -1.30. The van der Waals surface area contributed by atoms with Crippen molar-refractivity contribution in [2.24, 2.45) is 4.40 Å². The van der Waals surface area contributed by atoms with E-state index in [1.165, 1.54) is 34.0 Å². The summed E-state index contributed by atoms with van der Waals surface area (Å²) in [7, 11) is -3.58. The largest absolute Gasteiger partial charge is 2.00 e. The normalized spacial score (nSPS) is 14.3. The van der Waals surface area contributed by atoms with Crippen molar-refractivity contribution in [2.45, 2.75) is 189 Å². The smallest absolute Gasteiger partial charge is 1.00 e. The predicted molar refractivity (Wildman–Crippen MR) is 282 cm³/mol. The maximum atomic E-state index is 12.1. The molecule has 0 amide bonds. The number of nitrogens with zero attached hydrogens (tertiary/aromatic N) is 1. The van der Waals surface area contributed by atoms with Crippen molar-refractivity contribution in [3.63, 3.8) is 0 Å². The van der Waals surface area contributed by atoms with Crippen molar-refractivity contribution in [1.29, 1.82) is 0 Å². The molecule has 2 N–H and O–H groups in total. The van der Waals surface area contributed by atoms with Crippen molar-refractivity contribution in [3.05, 3.63) is 73.1 Å². The second kappa shape index (κ2) is 29.2. The van der Waals surface area contributed by atoms with E-state index in [0.717, 1.165) is 14.6 Å². The Morgan fingerprint density at radius 2 is 0.833 bits per heavy atom. The molecule has 12 nitrogen and oxygen atoms in total. The molecule has 0 unspecified atom stereocenters. The van der Waals surface area contributed by atoms with E-state index in [2.05, 4.69) is 13.8 Å². The Hall–Kier alpha value is -1.20. The van der Waals surface area contributed by atoms with Gasteiger partial charge in [-0.05, 0) is 175 Å². The first-order valence-electron chi connectivity index (χ1n) is 20.1. The molecule has 3 heterocycles. The van der Waals surface area contributed by atoms with Crippen LogP contribution in [-0.2, 0) is 47.2 Å². The van der Waals surface area contributed by atoms with Gasteiger partial charge in [-0.1, -0.05) is 7.43 Å². The Kier molecular flexibility index (Phi) is 31.6. The number of carbonyl (C=O) groups excluding carboxylic acids is 3. The summed E-state index contributed by atoms with van der Waals surface area (Å²) in [5.41, 5.74) is -1.51. The summed E-state index contributed by atoms with van der Waals surface area (Å²) in [5.74, 6) is -0.982. The van der Waals surface area contributed by atoms with Crippen LogP contribution in [0.25, 0.3) is 0 Å². The zero-order chi connectivity index (χ0) is 48.4. The summed E-state index contributed by atoms with van der Waals surface area (Å²) in [6.07, 6.45) is 1.54. The molecule has 20 heteroatoms. The molecule has 0 spiro atoms. The zero-order valence-corrected chi connectivity index (χ0v) is 50.3. The molecule has 3 rings (SSSR count). The summed E-state index contributed by atoms with van der Waals surface area (Å²) < 4.78 is 61.1. The number of hydrogen-bond acceptors (Lipinski definition) is 12. The quantitative estimate of drug-likeness (QED) is 0.0627. The summed E-state index contributed by atoms with van der Waals surface area (Å²) in [5, 5.41) is 0. The van der Waals surface area contributed by atoms with E-state index in [0.29, 0.717) is 14.6 Å². The maximum absolute atomic E-state index is 12.1. The fourth-order valence-electron chi connectivity index (χ4n) is 3.96. The molecule has 0 bridgehead atoms. The van der Waals surface area contributed by atoms with Crippen molar-refractivity contribution < 1.29 is 58.2 Å². The first-order valence-corrected chi connectivity index (χ1v) is 26.0. The van der Waals surface area contributed by atoms with E-state index in [1.807, 2.05) is 151 Å². The number of thiophene rings is 3. The molecule has 0 aliphatic heterocycles. The molecule has 0 saturated carbocycles. The van der Waals surface area contributed by atoms with Gasteiger partial charge in [-0.25, -0.2) is 36.5 Å². The van der Waals surface area contributed by atoms with Crippen LogP contribution in [0.2, 0.25) is 0 Å². The Balaban J connectivity index is -0.000000424. The van der Waals surface area contributed by atoms with Gasteiger partial charge in [0.1, 0.15) is 42.4 Å². The average Bonchev–Trinajstić information content (AvgIpc) is 3.86. The fourth-order valence-corrected chi connectivity index (χ4v) is 8.83. The van der Waals surface area contributed by atoms with Crippen LogP contribution in [0.15, 0.2) is 40.8 Å². The minimum Gasteiger partial charge on any atom is -1.00 e. The van der Waals surface area contributed by atoms with Crippen molar-refractivity contribution in [2.75, 3.05) is 0 Å². The van der Waals surface area contributed by atoms with Gasteiger partial charge in [0.15, 0.2) is 0 Å². The monoisotopic (exact) mass is 1110 g/mol. The Morgan fingerprint density at radius 3 is 1.11 bits per heavy atom. The topological polar surface area (TPSA) is 167 Å². The van der Waals surface area contributed by atoms with Gasteiger partial charge in [0, 0.05) is 14.6 Å². The van der Waals surface area contributed by atoms with Crippen molar-refractivity contribution in [1.82, 2.24) is 9.44 Å². The zero-order valence-electron chi connectivity index (χ0n) is 42.4. The molecule has 3 aromatic heterocycles. The van der Waals surface area contributed by atoms with E-state index < -0.39 is 49.8 Å². The predicted octanol–water partition coefficient (Wildman–Crippen LogP) is 8.93. The number of carbonyl (C=O) groups is 3.